The summed E-state index contributed by atoms with van der Waals surface area (Å²) in [7, 11) is 1.70. The number of hydrogen-bond acceptors (Lipinski definition) is 4. The van der Waals surface area contributed by atoms with Crippen LogP contribution >= 0.6 is 0 Å². The van der Waals surface area contributed by atoms with Gasteiger partial charge in [-0.15, -0.1) is 0 Å². The molecule has 0 radical (unpaired) electrons. The topological polar surface area (TPSA) is 75.2 Å². The van der Waals surface area contributed by atoms with Crippen LogP contribution in [-0.2, 0) is 9.47 Å². The van der Waals surface area contributed by atoms with Crippen LogP contribution in [0.3, 0.4) is 0 Å². The molecule has 1 heterocycles. The molecule has 0 aromatic rings. The quantitative estimate of drug-likeness (QED) is 0.419. The van der Waals surface area contributed by atoms with Gasteiger partial charge < -0.3 is 25.0 Å². The van der Waals surface area contributed by atoms with E-state index in [4.69, 9.17) is 9.47 Å². The lowest BCUT2D eigenvalue weighted by Gasteiger charge is -2.32. The first kappa shape index (κ1) is 18.5. The van der Waals surface area contributed by atoms with Crippen LogP contribution in [0.1, 0.15) is 33.1 Å². The third-order valence-electron chi connectivity index (χ3n) is 3.48. The molecule has 0 saturated carbocycles. The number of aliphatic imine (C=N–C) groups is 1. The Morgan fingerprint density at radius 2 is 2.05 bits per heavy atom. The minimum absolute atomic E-state index is 0.207. The second-order valence-corrected chi connectivity index (χ2v) is 5.21. The predicted molar refractivity (Wildman–Crippen MR) is 87.2 cm³/mol. The van der Waals surface area contributed by atoms with Gasteiger partial charge in [-0.2, -0.15) is 0 Å². The van der Waals surface area contributed by atoms with Crippen molar-refractivity contribution in [3.63, 3.8) is 0 Å². The third kappa shape index (κ3) is 6.98. The minimum Gasteiger partial charge on any atom is -0.450 e. The molecule has 7 nitrogen and oxygen atoms in total. The lowest BCUT2D eigenvalue weighted by molar-refractivity contribution is 0.0963. The molecule has 1 fully saturated rings. The van der Waals surface area contributed by atoms with Crippen LogP contribution in [0.5, 0.6) is 0 Å². The molecule has 1 aliphatic rings. The van der Waals surface area contributed by atoms with Gasteiger partial charge in [0, 0.05) is 45.9 Å². The van der Waals surface area contributed by atoms with Crippen LogP contribution in [0.25, 0.3) is 0 Å². The molecule has 128 valence electrons. The summed E-state index contributed by atoms with van der Waals surface area (Å²) in [6.45, 7) is 8.04. The standard InChI is InChI=1S/C15H30N4O3/c1-4-16-14(17-9-6-12-21-3)18-13-7-10-19(11-8-13)15(20)22-5-2/h13H,4-12H2,1-3H3,(H2,16,17,18). The number of likely N-dealkylation sites (tertiary alicyclic amines) is 1. The molecule has 0 aromatic carbocycles. The number of amides is 1. The SMILES string of the molecule is CCNC(=NCCCOC)NC1CCN(C(=O)OCC)CC1. The number of carbonyl (C=O) groups is 1. The Morgan fingerprint density at radius 1 is 1.32 bits per heavy atom. The summed E-state index contributed by atoms with van der Waals surface area (Å²) in [4.78, 5) is 18.0. The molecule has 1 rings (SSSR count). The first-order valence-electron chi connectivity index (χ1n) is 8.16. The fraction of sp³-hybridized carbons (Fsp3) is 0.867. The van der Waals surface area contributed by atoms with Crippen LogP contribution < -0.4 is 10.6 Å². The normalized spacial score (nSPS) is 16.5. The first-order valence-corrected chi connectivity index (χ1v) is 8.16. The zero-order valence-electron chi connectivity index (χ0n) is 14.1. The molecule has 0 aliphatic carbocycles. The number of hydrogen-bond donors (Lipinski definition) is 2. The van der Waals surface area contributed by atoms with Crippen LogP contribution in [0.2, 0.25) is 0 Å². The maximum atomic E-state index is 11.7. The van der Waals surface area contributed by atoms with Gasteiger partial charge in [0.15, 0.2) is 5.96 Å². The summed E-state index contributed by atoms with van der Waals surface area (Å²) in [5, 5.41) is 6.70. The number of piperidine rings is 1. The molecule has 0 unspecified atom stereocenters. The highest BCUT2D eigenvalue weighted by atomic mass is 16.6. The fourth-order valence-electron chi connectivity index (χ4n) is 2.33. The van der Waals surface area contributed by atoms with E-state index in [9.17, 15) is 4.79 Å². The molecule has 0 bridgehead atoms. The lowest BCUT2D eigenvalue weighted by Crippen LogP contribution is -2.49. The number of guanidine groups is 1. The van der Waals surface area contributed by atoms with Crippen LogP contribution in [-0.4, -0.2) is 69.5 Å². The Kier molecular flexibility index (Phi) is 9.37. The van der Waals surface area contributed by atoms with Gasteiger partial charge in [-0.05, 0) is 33.1 Å². The number of rotatable bonds is 7. The predicted octanol–water partition coefficient (Wildman–Crippen LogP) is 1.20. The fourth-order valence-corrected chi connectivity index (χ4v) is 2.33. The van der Waals surface area contributed by atoms with E-state index < -0.39 is 0 Å². The molecule has 1 amide bonds. The lowest BCUT2D eigenvalue weighted by atomic mass is 10.1. The number of nitrogens with zero attached hydrogens (tertiary/aromatic N) is 2. The van der Waals surface area contributed by atoms with Crippen LogP contribution in [0.15, 0.2) is 4.99 Å². The van der Waals surface area contributed by atoms with E-state index in [1.807, 2.05) is 6.92 Å². The molecule has 0 spiro atoms. The molecule has 7 heteroatoms. The van der Waals surface area contributed by atoms with Crippen molar-refractivity contribution in [1.29, 1.82) is 0 Å². The second-order valence-electron chi connectivity index (χ2n) is 5.21. The van der Waals surface area contributed by atoms with Crippen molar-refractivity contribution in [2.75, 3.05) is 46.5 Å². The molecular weight excluding hydrogens is 284 g/mol. The van der Waals surface area contributed by atoms with E-state index in [0.29, 0.717) is 12.6 Å². The van der Waals surface area contributed by atoms with Crippen LogP contribution in [0.4, 0.5) is 4.79 Å². The second kappa shape index (κ2) is 11.1. The third-order valence-corrected chi connectivity index (χ3v) is 3.48. The highest BCUT2D eigenvalue weighted by molar-refractivity contribution is 5.80. The number of ether oxygens (including phenoxy) is 2. The largest absolute Gasteiger partial charge is 0.450 e. The first-order chi connectivity index (χ1) is 10.7. The Labute approximate surface area is 133 Å². The molecule has 0 atom stereocenters. The zero-order valence-corrected chi connectivity index (χ0v) is 14.1. The van der Waals surface area contributed by atoms with Gasteiger partial charge >= 0.3 is 6.09 Å². The molecule has 1 saturated heterocycles. The average Bonchev–Trinajstić information content (AvgIpc) is 2.52. The molecule has 2 N–H and O–H groups in total. The van der Waals surface area contributed by atoms with Crippen molar-refractivity contribution < 1.29 is 14.3 Å². The van der Waals surface area contributed by atoms with E-state index in [-0.39, 0.29) is 6.09 Å². The van der Waals surface area contributed by atoms with Gasteiger partial charge in [0.25, 0.3) is 0 Å². The smallest absolute Gasteiger partial charge is 0.409 e. The molecule has 22 heavy (non-hydrogen) atoms. The summed E-state index contributed by atoms with van der Waals surface area (Å²) >= 11 is 0. The highest BCUT2D eigenvalue weighted by Gasteiger charge is 2.23. The summed E-state index contributed by atoms with van der Waals surface area (Å²) in [6, 6.07) is 0.339. The van der Waals surface area contributed by atoms with Gasteiger partial charge in [-0.25, -0.2) is 4.79 Å². The maximum absolute atomic E-state index is 11.7. The van der Waals surface area contributed by atoms with Gasteiger partial charge in [-0.3, -0.25) is 4.99 Å². The van der Waals surface area contributed by atoms with Crippen molar-refractivity contribution in [2.24, 2.45) is 4.99 Å². The van der Waals surface area contributed by atoms with E-state index in [1.54, 1.807) is 12.0 Å². The number of methoxy groups -OCH3 is 1. The summed E-state index contributed by atoms with van der Waals surface area (Å²) in [5.41, 5.74) is 0. The van der Waals surface area contributed by atoms with Crippen molar-refractivity contribution in [2.45, 2.75) is 39.2 Å². The number of carbonyl (C=O) groups excluding carboxylic acids is 1. The number of nitrogens with one attached hydrogen (secondary N) is 2. The summed E-state index contributed by atoms with van der Waals surface area (Å²) in [5.74, 6) is 0.841. The van der Waals surface area contributed by atoms with Gasteiger partial charge in [-0.1, -0.05) is 0 Å². The minimum atomic E-state index is -0.207. The van der Waals surface area contributed by atoms with Crippen molar-refractivity contribution in [3.05, 3.63) is 0 Å². The summed E-state index contributed by atoms with van der Waals surface area (Å²) in [6.07, 6.45) is 2.51. The Hall–Kier alpha value is -1.50. The van der Waals surface area contributed by atoms with Gasteiger partial charge in [0.2, 0.25) is 0 Å². The van der Waals surface area contributed by atoms with Crippen LogP contribution in [0, 0.1) is 0 Å². The Balaban J connectivity index is 2.36. The highest BCUT2D eigenvalue weighted by Crippen LogP contribution is 2.11. The average molecular weight is 314 g/mol. The monoisotopic (exact) mass is 314 g/mol. The zero-order chi connectivity index (χ0) is 16.2. The van der Waals surface area contributed by atoms with E-state index in [0.717, 1.165) is 58.0 Å². The van der Waals surface area contributed by atoms with Crippen molar-refractivity contribution in [1.82, 2.24) is 15.5 Å². The molecule has 1 aliphatic heterocycles. The molecule has 0 aromatic heterocycles. The maximum Gasteiger partial charge on any atom is 0.409 e. The molecular formula is C15H30N4O3. The van der Waals surface area contributed by atoms with E-state index >= 15 is 0 Å². The van der Waals surface area contributed by atoms with Crippen molar-refractivity contribution in [3.8, 4) is 0 Å². The van der Waals surface area contributed by atoms with E-state index in [2.05, 4.69) is 22.5 Å². The Bertz CT molecular complexity index is 342. The van der Waals surface area contributed by atoms with Crippen molar-refractivity contribution >= 4 is 12.1 Å². The Morgan fingerprint density at radius 3 is 2.64 bits per heavy atom. The summed E-state index contributed by atoms with van der Waals surface area (Å²) < 4.78 is 10.1. The van der Waals surface area contributed by atoms with E-state index in [1.165, 1.54) is 0 Å². The van der Waals surface area contributed by atoms with Gasteiger partial charge in [0.05, 0.1) is 6.61 Å². The van der Waals surface area contributed by atoms with Gasteiger partial charge in [0.1, 0.15) is 0 Å².